The normalized spacial score (nSPS) is 10.7. The lowest BCUT2D eigenvalue weighted by Gasteiger charge is -2.01. The largest absolute Gasteiger partial charge is 0.494 e. The molecule has 0 saturated heterocycles. The Balaban J connectivity index is 2.86. The van der Waals surface area contributed by atoms with Crippen LogP contribution in [0.4, 0.5) is 0 Å². The molecule has 0 fully saturated rings. The number of aromatic amines is 1. The summed E-state index contributed by atoms with van der Waals surface area (Å²) in [6.07, 6.45) is 0. The van der Waals surface area contributed by atoms with Gasteiger partial charge in [-0.15, -0.1) is 0 Å². The van der Waals surface area contributed by atoms with E-state index in [0.717, 1.165) is 11.0 Å². The zero-order valence-corrected chi connectivity index (χ0v) is 8.20. The van der Waals surface area contributed by atoms with Gasteiger partial charge in [-0.05, 0) is 19.1 Å². The number of hydrogen-bond donors (Lipinski definition) is 1. The molecule has 0 bridgehead atoms. The minimum absolute atomic E-state index is 0.0907. The highest BCUT2D eigenvalue weighted by Gasteiger charge is 2.08. The lowest BCUT2D eigenvalue weighted by molar-refractivity contribution is 0.419. The number of nitrogens with zero attached hydrogens (tertiary/aromatic N) is 1. The first-order valence-corrected chi connectivity index (χ1v) is 4.53. The number of ether oxygens (including phenoxy) is 1. The maximum Gasteiger partial charge on any atom is 0.326 e. The molecule has 0 spiro atoms. The molecule has 0 atom stereocenters. The minimum Gasteiger partial charge on any atom is -0.494 e. The van der Waals surface area contributed by atoms with Gasteiger partial charge < -0.3 is 9.72 Å². The number of fused-ring (bicyclic) bond motifs is 1. The lowest BCUT2D eigenvalue weighted by atomic mass is 10.3. The Bertz CT molecular complexity index is 510. The highest BCUT2D eigenvalue weighted by molar-refractivity contribution is 5.81. The third-order valence-electron chi connectivity index (χ3n) is 2.31. The molecule has 0 unspecified atom stereocenters. The minimum atomic E-state index is -0.0907. The molecular weight excluding hydrogens is 180 g/mol. The number of imidazole rings is 1. The van der Waals surface area contributed by atoms with E-state index in [1.807, 2.05) is 25.1 Å². The molecule has 1 heterocycles. The second-order valence-electron chi connectivity index (χ2n) is 3.03. The van der Waals surface area contributed by atoms with Crippen LogP contribution in [0.1, 0.15) is 6.92 Å². The van der Waals surface area contributed by atoms with Crippen LogP contribution in [0.5, 0.6) is 5.75 Å². The molecule has 74 valence electrons. The maximum atomic E-state index is 11.5. The molecule has 2 aromatic rings. The number of H-pyrrole nitrogens is 1. The summed E-state index contributed by atoms with van der Waals surface area (Å²) >= 11 is 0. The molecule has 0 aliphatic carbocycles. The molecule has 0 aliphatic rings. The lowest BCUT2D eigenvalue weighted by Crippen LogP contribution is -2.14. The summed E-state index contributed by atoms with van der Waals surface area (Å²) in [4.78, 5) is 14.3. The number of methoxy groups -OCH3 is 1. The van der Waals surface area contributed by atoms with Gasteiger partial charge in [0.15, 0.2) is 0 Å². The molecule has 14 heavy (non-hydrogen) atoms. The van der Waals surface area contributed by atoms with Crippen molar-refractivity contribution >= 4 is 11.0 Å². The topological polar surface area (TPSA) is 47.0 Å². The van der Waals surface area contributed by atoms with Crippen LogP contribution in [0.2, 0.25) is 0 Å². The van der Waals surface area contributed by atoms with Crippen LogP contribution in [-0.2, 0) is 6.54 Å². The van der Waals surface area contributed by atoms with E-state index in [1.54, 1.807) is 11.7 Å². The number of nitrogens with one attached hydrogen (secondary N) is 1. The molecule has 0 saturated carbocycles. The van der Waals surface area contributed by atoms with E-state index in [-0.39, 0.29) is 5.69 Å². The second kappa shape index (κ2) is 3.21. The third kappa shape index (κ3) is 1.11. The number of benzene rings is 1. The molecule has 1 aromatic carbocycles. The van der Waals surface area contributed by atoms with Gasteiger partial charge in [0, 0.05) is 6.54 Å². The van der Waals surface area contributed by atoms with E-state index in [2.05, 4.69) is 4.98 Å². The SMILES string of the molecule is CCn1c(=O)[nH]c2c(OC)cccc21. The summed E-state index contributed by atoms with van der Waals surface area (Å²) in [5.41, 5.74) is 1.56. The Morgan fingerprint density at radius 2 is 2.29 bits per heavy atom. The van der Waals surface area contributed by atoms with Crippen molar-refractivity contribution in [3.63, 3.8) is 0 Å². The molecular formula is C10H12N2O2. The predicted octanol–water partition coefficient (Wildman–Crippen LogP) is 1.36. The van der Waals surface area contributed by atoms with Crippen molar-refractivity contribution in [1.82, 2.24) is 9.55 Å². The third-order valence-corrected chi connectivity index (χ3v) is 2.31. The Labute approximate surface area is 81.1 Å². The summed E-state index contributed by atoms with van der Waals surface area (Å²) in [6.45, 7) is 2.60. The molecule has 1 N–H and O–H groups in total. The number of aryl methyl sites for hydroxylation is 1. The Hall–Kier alpha value is -1.71. The van der Waals surface area contributed by atoms with Crippen LogP contribution in [0.15, 0.2) is 23.0 Å². The van der Waals surface area contributed by atoms with Gasteiger partial charge in [0.25, 0.3) is 0 Å². The van der Waals surface area contributed by atoms with Gasteiger partial charge in [0.1, 0.15) is 11.3 Å². The van der Waals surface area contributed by atoms with Crippen LogP contribution < -0.4 is 10.4 Å². The van der Waals surface area contributed by atoms with E-state index < -0.39 is 0 Å². The van der Waals surface area contributed by atoms with Gasteiger partial charge >= 0.3 is 5.69 Å². The van der Waals surface area contributed by atoms with Crippen molar-refractivity contribution in [3.05, 3.63) is 28.7 Å². The van der Waals surface area contributed by atoms with E-state index >= 15 is 0 Å². The fourth-order valence-corrected chi connectivity index (χ4v) is 1.64. The van der Waals surface area contributed by atoms with Gasteiger partial charge in [-0.3, -0.25) is 4.57 Å². The van der Waals surface area contributed by atoms with Gasteiger partial charge in [0.2, 0.25) is 0 Å². The number of aromatic nitrogens is 2. The second-order valence-corrected chi connectivity index (χ2v) is 3.03. The molecule has 4 nitrogen and oxygen atoms in total. The standard InChI is InChI=1S/C10H12N2O2/c1-3-12-7-5-4-6-8(14-2)9(7)11-10(12)13/h4-6H,3H2,1-2H3,(H,11,13). The molecule has 1 aromatic heterocycles. The van der Waals surface area contributed by atoms with Crippen LogP contribution >= 0.6 is 0 Å². The zero-order valence-electron chi connectivity index (χ0n) is 8.20. The Morgan fingerprint density at radius 1 is 1.50 bits per heavy atom. The summed E-state index contributed by atoms with van der Waals surface area (Å²) in [5, 5.41) is 0. The highest BCUT2D eigenvalue weighted by Crippen LogP contribution is 2.21. The molecule has 0 amide bonds. The first-order valence-electron chi connectivity index (χ1n) is 4.53. The fraction of sp³-hybridized carbons (Fsp3) is 0.300. The van der Waals surface area contributed by atoms with Gasteiger partial charge in [-0.25, -0.2) is 4.79 Å². The van der Waals surface area contributed by atoms with Crippen LogP contribution in [0, 0.1) is 0 Å². The smallest absolute Gasteiger partial charge is 0.326 e. The highest BCUT2D eigenvalue weighted by atomic mass is 16.5. The van der Waals surface area contributed by atoms with Gasteiger partial charge in [-0.1, -0.05) is 6.07 Å². The zero-order chi connectivity index (χ0) is 10.1. The summed E-state index contributed by atoms with van der Waals surface area (Å²) in [5.74, 6) is 0.701. The van der Waals surface area contributed by atoms with Gasteiger partial charge in [0.05, 0.1) is 12.6 Å². The average molecular weight is 192 g/mol. The van der Waals surface area contributed by atoms with Crippen LogP contribution in [0.25, 0.3) is 11.0 Å². The van der Waals surface area contributed by atoms with Crippen LogP contribution in [0.3, 0.4) is 0 Å². The number of hydrogen-bond acceptors (Lipinski definition) is 2. The molecule has 0 radical (unpaired) electrons. The number of rotatable bonds is 2. The van der Waals surface area contributed by atoms with Gasteiger partial charge in [-0.2, -0.15) is 0 Å². The van der Waals surface area contributed by atoms with E-state index in [4.69, 9.17) is 4.74 Å². The Morgan fingerprint density at radius 3 is 2.93 bits per heavy atom. The quantitative estimate of drug-likeness (QED) is 0.780. The van der Waals surface area contributed by atoms with E-state index in [0.29, 0.717) is 12.3 Å². The van der Waals surface area contributed by atoms with Crippen molar-refractivity contribution in [3.8, 4) is 5.75 Å². The van der Waals surface area contributed by atoms with E-state index in [9.17, 15) is 4.79 Å². The van der Waals surface area contributed by atoms with E-state index in [1.165, 1.54) is 0 Å². The molecule has 4 heteroatoms. The fourth-order valence-electron chi connectivity index (χ4n) is 1.64. The van der Waals surface area contributed by atoms with Crippen molar-refractivity contribution in [2.24, 2.45) is 0 Å². The molecule has 2 rings (SSSR count). The summed E-state index contributed by atoms with van der Waals surface area (Å²) < 4.78 is 6.84. The van der Waals surface area contributed by atoms with Crippen LogP contribution in [-0.4, -0.2) is 16.7 Å². The molecule has 0 aliphatic heterocycles. The number of para-hydroxylation sites is 1. The first-order chi connectivity index (χ1) is 6.77. The predicted molar refractivity (Wildman–Crippen MR) is 54.8 cm³/mol. The van der Waals surface area contributed by atoms with Crippen molar-refractivity contribution in [2.45, 2.75) is 13.5 Å². The Kier molecular flexibility index (Phi) is 2.04. The first kappa shape index (κ1) is 8.87. The average Bonchev–Trinajstić information content (AvgIpc) is 2.52. The van der Waals surface area contributed by atoms with Crippen molar-refractivity contribution in [2.75, 3.05) is 7.11 Å². The van der Waals surface area contributed by atoms with Crippen molar-refractivity contribution < 1.29 is 4.74 Å². The summed E-state index contributed by atoms with van der Waals surface area (Å²) in [7, 11) is 1.59. The maximum absolute atomic E-state index is 11.5. The monoisotopic (exact) mass is 192 g/mol. The van der Waals surface area contributed by atoms with Crippen molar-refractivity contribution in [1.29, 1.82) is 0 Å². The summed E-state index contributed by atoms with van der Waals surface area (Å²) in [6, 6.07) is 5.61.